The third-order valence-electron chi connectivity index (χ3n) is 3.50. The van der Waals surface area contributed by atoms with E-state index in [0.29, 0.717) is 0 Å². The van der Waals surface area contributed by atoms with Crippen molar-refractivity contribution >= 4 is 15.9 Å². The lowest BCUT2D eigenvalue weighted by Crippen LogP contribution is -2.28. The fourth-order valence-corrected chi connectivity index (χ4v) is 3.09. The van der Waals surface area contributed by atoms with Crippen LogP contribution < -0.4 is 9.47 Å². The number of alkyl halides is 1. The molecule has 0 N–H and O–H groups in total. The van der Waals surface area contributed by atoms with E-state index >= 15 is 0 Å². The predicted molar refractivity (Wildman–Crippen MR) is 74.8 cm³/mol. The molecule has 0 aromatic heterocycles. The lowest BCUT2D eigenvalue weighted by molar-refractivity contribution is 0.0193. The fourth-order valence-electron chi connectivity index (χ4n) is 2.37. The molecule has 1 aliphatic heterocycles. The molecule has 0 aliphatic carbocycles. The minimum atomic E-state index is -0.181. The number of hydrogen-bond donors (Lipinski definition) is 0. The van der Waals surface area contributed by atoms with Gasteiger partial charge in [-0.15, -0.1) is 0 Å². The summed E-state index contributed by atoms with van der Waals surface area (Å²) in [4.78, 5) is 0.0950. The molecule has 1 heterocycles. The number of methoxy groups -OCH3 is 2. The second-order valence-electron chi connectivity index (χ2n) is 4.74. The molecule has 2 atom stereocenters. The Labute approximate surface area is 117 Å². The van der Waals surface area contributed by atoms with Gasteiger partial charge >= 0.3 is 0 Å². The van der Waals surface area contributed by atoms with Crippen LogP contribution in [0.2, 0.25) is 0 Å². The van der Waals surface area contributed by atoms with Gasteiger partial charge < -0.3 is 14.2 Å². The first-order valence-electron chi connectivity index (χ1n) is 6.10. The highest BCUT2D eigenvalue weighted by molar-refractivity contribution is 9.09. The normalized spacial score (nSPS) is 24.9. The van der Waals surface area contributed by atoms with Crippen molar-refractivity contribution in [1.82, 2.24) is 0 Å². The van der Waals surface area contributed by atoms with E-state index in [1.807, 2.05) is 18.2 Å². The third-order valence-corrected chi connectivity index (χ3v) is 4.96. The Morgan fingerprint density at radius 2 is 2.11 bits per heavy atom. The molecule has 0 radical (unpaired) electrons. The number of hydrogen-bond acceptors (Lipinski definition) is 3. The zero-order valence-corrected chi connectivity index (χ0v) is 12.6. The van der Waals surface area contributed by atoms with Gasteiger partial charge in [0.25, 0.3) is 0 Å². The molecule has 0 spiro atoms. The molecule has 2 rings (SSSR count). The molecule has 1 fully saturated rings. The molecule has 3 nitrogen and oxygen atoms in total. The lowest BCUT2D eigenvalue weighted by Gasteiger charge is -2.30. The summed E-state index contributed by atoms with van der Waals surface area (Å²) in [5.41, 5.74) is 0.890. The van der Waals surface area contributed by atoms with Crippen LogP contribution in [0.5, 0.6) is 11.5 Å². The van der Waals surface area contributed by atoms with Crippen LogP contribution in [0, 0.1) is 0 Å². The monoisotopic (exact) mass is 314 g/mol. The molecular formula is C14H19BrO3. The van der Waals surface area contributed by atoms with Gasteiger partial charge in [0.1, 0.15) is 11.5 Å². The second kappa shape index (κ2) is 5.49. The standard InChI is InChI=1S/C14H19BrO3/c1-14(7-4-8-18-14)13(15)11-9-10(16-2)5-6-12(11)17-3/h5-6,9,13H,4,7-8H2,1-3H3. The zero-order valence-electron chi connectivity index (χ0n) is 11.0. The van der Waals surface area contributed by atoms with Crippen molar-refractivity contribution in [2.75, 3.05) is 20.8 Å². The first kappa shape index (κ1) is 13.7. The molecule has 1 aromatic carbocycles. The molecule has 1 saturated heterocycles. The van der Waals surface area contributed by atoms with E-state index < -0.39 is 0 Å². The lowest BCUT2D eigenvalue weighted by atomic mass is 9.93. The Morgan fingerprint density at radius 1 is 1.33 bits per heavy atom. The smallest absolute Gasteiger partial charge is 0.123 e. The van der Waals surface area contributed by atoms with Gasteiger partial charge in [-0.25, -0.2) is 0 Å². The second-order valence-corrected chi connectivity index (χ2v) is 5.65. The highest BCUT2D eigenvalue weighted by Crippen LogP contribution is 2.46. The summed E-state index contributed by atoms with van der Waals surface area (Å²) in [6.07, 6.45) is 2.15. The minimum Gasteiger partial charge on any atom is -0.497 e. The Balaban J connectivity index is 2.35. The van der Waals surface area contributed by atoms with Gasteiger partial charge in [0.2, 0.25) is 0 Å². The molecule has 4 heteroatoms. The number of rotatable bonds is 4. The molecular weight excluding hydrogens is 296 g/mol. The largest absolute Gasteiger partial charge is 0.497 e. The summed E-state index contributed by atoms with van der Waals surface area (Å²) in [7, 11) is 3.35. The van der Waals surface area contributed by atoms with Crippen molar-refractivity contribution in [2.24, 2.45) is 0 Å². The molecule has 1 aromatic rings. The summed E-state index contributed by atoms with van der Waals surface area (Å²) in [5.74, 6) is 1.69. The Hall–Kier alpha value is -0.740. The van der Waals surface area contributed by atoms with Gasteiger partial charge in [0, 0.05) is 12.2 Å². The van der Waals surface area contributed by atoms with Gasteiger partial charge in [0.05, 0.1) is 24.6 Å². The zero-order chi connectivity index (χ0) is 13.2. The van der Waals surface area contributed by atoms with Gasteiger partial charge in [-0.2, -0.15) is 0 Å². The van der Waals surface area contributed by atoms with E-state index in [1.54, 1.807) is 14.2 Å². The topological polar surface area (TPSA) is 27.7 Å². The van der Waals surface area contributed by atoms with E-state index in [0.717, 1.165) is 36.5 Å². The molecule has 1 aliphatic rings. The highest BCUT2D eigenvalue weighted by atomic mass is 79.9. The van der Waals surface area contributed by atoms with Crippen LogP contribution in [-0.4, -0.2) is 26.4 Å². The summed E-state index contributed by atoms with van der Waals surface area (Å²) in [6, 6.07) is 5.84. The van der Waals surface area contributed by atoms with Crippen molar-refractivity contribution in [2.45, 2.75) is 30.2 Å². The minimum absolute atomic E-state index is 0.0950. The van der Waals surface area contributed by atoms with Crippen LogP contribution in [0.15, 0.2) is 18.2 Å². The molecule has 0 bridgehead atoms. The Kier molecular flexibility index (Phi) is 4.17. The van der Waals surface area contributed by atoms with Crippen molar-refractivity contribution < 1.29 is 14.2 Å². The maximum absolute atomic E-state index is 5.89. The van der Waals surface area contributed by atoms with Crippen molar-refractivity contribution in [1.29, 1.82) is 0 Å². The highest BCUT2D eigenvalue weighted by Gasteiger charge is 2.39. The van der Waals surface area contributed by atoms with E-state index in [2.05, 4.69) is 22.9 Å². The van der Waals surface area contributed by atoms with Crippen molar-refractivity contribution in [3.8, 4) is 11.5 Å². The number of halogens is 1. The van der Waals surface area contributed by atoms with Crippen LogP contribution in [0.4, 0.5) is 0 Å². The van der Waals surface area contributed by atoms with E-state index in [-0.39, 0.29) is 10.4 Å². The van der Waals surface area contributed by atoms with Crippen LogP contribution in [-0.2, 0) is 4.74 Å². The van der Waals surface area contributed by atoms with Crippen LogP contribution >= 0.6 is 15.9 Å². The summed E-state index contributed by atoms with van der Waals surface area (Å²) in [5, 5.41) is 0. The molecule has 0 saturated carbocycles. The van der Waals surface area contributed by atoms with Crippen molar-refractivity contribution in [3.63, 3.8) is 0 Å². The molecule has 2 unspecified atom stereocenters. The average Bonchev–Trinajstić information content (AvgIpc) is 2.85. The predicted octanol–water partition coefficient (Wildman–Crippen LogP) is 3.71. The first-order valence-corrected chi connectivity index (χ1v) is 7.02. The van der Waals surface area contributed by atoms with Crippen LogP contribution in [0.3, 0.4) is 0 Å². The van der Waals surface area contributed by atoms with Gasteiger partial charge in [-0.1, -0.05) is 15.9 Å². The van der Waals surface area contributed by atoms with E-state index in [1.165, 1.54) is 0 Å². The maximum Gasteiger partial charge on any atom is 0.123 e. The molecule has 0 amide bonds. The SMILES string of the molecule is COc1ccc(OC)c(C(Br)C2(C)CCCO2)c1. The quantitative estimate of drug-likeness (QED) is 0.793. The summed E-state index contributed by atoms with van der Waals surface area (Å²) < 4.78 is 16.6. The maximum atomic E-state index is 5.89. The third kappa shape index (κ3) is 2.50. The van der Waals surface area contributed by atoms with Crippen molar-refractivity contribution in [3.05, 3.63) is 23.8 Å². The van der Waals surface area contributed by atoms with E-state index in [9.17, 15) is 0 Å². The first-order chi connectivity index (χ1) is 8.60. The summed E-state index contributed by atoms with van der Waals surface area (Å²) >= 11 is 3.76. The van der Waals surface area contributed by atoms with Crippen LogP contribution in [0.25, 0.3) is 0 Å². The van der Waals surface area contributed by atoms with Gasteiger partial charge in [-0.05, 0) is 38.0 Å². The number of ether oxygens (including phenoxy) is 3. The number of benzene rings is 1. The fraction of sp³-hybridized carbons (Fsp3) is 0.571. The van der Waals surface area contributed by atoms with E-state index in [4.69, 9.17) is 14.2 Å². The Bertz CT molecular complexity index is 414. The van der Waals surface area contributed by atoms with Crippen LogP contribution in [0.1, 0.15) is 30.2 Å². The summed E-state index contributed by atoms with van der Waals surface area (Å²) in [6.45, 7) is 2.96. The Morgan fingerprint density at radius 3 is 2.67 bits per heavy atom. The van der Waals surface area contributed by atoms with Gasteiger partial charge in [0.15, 0.2) is 0 Å². The van der Waals surface area contributed by atoms with Gasteiger partial charge in [-0.3, -0.25) is 0 Å². The molecule has 100 valence electrons. The molecule has 18 heavy (non-hydrogen) atoms. The average molecular weight is 315 g/mol.